The first kappa shape index (κ1) is 20.0. The smallest absolute Gasteiger partial charge is 0.251 e. The number of aliphatic imine (C=N–C) groups is 1. The molecule has 4 rings (SSSR count). The van der Waals surface area contributed by atoms with Gasteiger partial charge in [0.15, 0.2) is 15.0 Å². The fraction of sp³-hybridized carbons (Fsp3) is 0.333. The summed E-state index contributed by atoms with van der Waals surface area (Å²) < 4.78 is 23.4. The summed E-state index contributed by atoms with van der Waals surface area (Å²) in [5, 5.41) is 6.96. The fourth-order valence-electron chi connectivity index (χ4n) is 3.50. The number of nitrogens with zero attached hydrogens (tertiary/aromatic N) is 1. The third-order valence-corrected chi connectivity index (χ3v) is 8.24. The highest BCUT2D eigenvalue weighted by Gasteiger charge is 2.42. The monoisotopic (exact) mass is 429 g/mol. The van der Waals surface area contributed by atoms with Gasteiger partial charge in [0, 0.05) is 23.0 Å². The molecule has 1 saturated heterocycles. The van der Waals surface area contributed by atoms with E-state index >= 15 is 0 Å². The summed E-state index contributed by atoms with van der Waals surface area (Å²) in [7, 11) is -2.97. The first-order chi connectivity index (χ1) is 13.9. The third kappa shape index (κ3) is 4.82. The second-order valence-electron chi connectivity index (χ2n) is 7.38. The first-order valence-corrected chi connectivity index (χ1v) is 12.2. The summed E-state index contributed by atoms with van der Waals surface area (Å²) in [6.07, 6.45) is 0.780. The van der Waals surface area contributed by atoms with Crippen molar-refractivity contribution in [3.63, 3.8) is 0 Å². The van der Waals surface area contributed by atoms with Gasteiger partial charge in [0.2, 0.25) is 0 Å². The van der Waals surface area contributed by atoms with Crippen LogP contribution in [-0.4, -0.2) is 48.8 Å². The van der Waals surface area contributed by atoms with Crippen molar-refractivity contribution in [2.45, 2.75) is 24.6 Å². The highest BCUT2D eigenvalue weighted by atomic mass is 32.2. The van der Waals surface area contributed by atoms with Crippen LogP contribution in [0.15, 0.2) is 53.5 Å². The van der Waals surface area contributed by atoms with Crippen LogP contribution in [0.3, 0.4) is 0 Å². The number of aryl methyl sites for hydroxylation is 1. The van der Waals surface area contributed by atoms with Gasteiger partial charge in [-0.3, -0.25) is 9.79 Å². The molecule has 1 amide bonds. The third-order valence-electron chi connectivity index (χ3n) is 5.10. The summed E-state index contributed by atoms with van der Waals surface area (Å²) in [6, 6.07) is 15.4. The van der Waals surface area contributed by atoms with E-state index in [1.54, 1.807) is 0 Å². The Balaban J connectivity index is 1.38. The van der Waals surface area contributed by atoms with E-state index in [-0.39, 0.29) is 28.7 Å². The van der Waals surface area contributed by atoms with Gasteiger partial charge >= 0.3 is 0 Å². The van der Waals surface area contributed by atoms with Gasteiger partial charge in [0.05, 0.1) is 17.5 Å². The molecule has 1 fully saturated rings. The Hall–Kier alpha value is -2.32. The maximum Gasteiger partial charge on any atom is 0.251 e. The minimum Gasteiger partial charge on any atom is -0.352 e. The van der Waals surface area contributed by atoms with Gasteiger partial charge in [0.1, 0.15) is 0 Å². The molecule has 152 valence electrons. The molecule has 0 aromatic heterocycles. The van der Waals surface area contributed by atoms with Gasteiger partial charge in [-0.2, -0.15) is 0 Å². The normalized spacial score (nSPS) is 22.0. The topological polar surface area (TPSA) is 87.6 Å². The van der Waals surface area contributed by atoms with Gasteiger partial charge < -0.3 is 10.6 Å². The van der Waals surface area contributed by atoms with Crippen molar-refractivity contribution in [3.8, 4) is 0 Å². The van der Waals surface area contributed by atoms with E-state index in [4.69, 9.17) is 0 Å². The van der Waals surface area contributed by atoms with Crippen LogP contribution in [0.2, 0.25) is 0 Å². The van der Waals surface area contributed by atoms with E-state index < -0.39 is 9.84 Å². The van der Waals surface area contributed by atoms with E-state index in [0.29, 0.717) is 12.1 Å². The predicted octanol–water partition coefficient (Wildman–Crippen LogP) is 2.65. The molecule has 2 aromatic carbocycles. The Bertz CT molecular complexity index is 1050. The lowest BCUT2D eigenvalue weighted by Crippen LogP contribution is -2.25. The zero-order valence-electron chi connectivity index (χ0n) is 16.1. The van der Waals surface area contributed by atoms with Crippen molar-refractivity contribution >= 4 is 38.4 Å². The zero-order chi connectivity index (χ0) is 20.4. The molecule has 0 unspecified atom stereocenters. The Morgan fingerprint density at radius 2 is 1.97 bits per heavy atom. The van der Waals surface area contributed by atoms with Crippen LogP contribution < -0.4 is 10.6 Å². The van der Waals surface area contributed by atoms with Crippen LogP contribution in [0.5, 0.6) is 0 Å². The SMILES string of the molecule is Cc1ccc(C(=O)NCCc2ccccc2)cc1NC1=N[C@H]2CS(=O)(=O)C[C@H]2S1. The number of hydrogen-bond donors (Lipinski definition) is 2. The van der Waals surface area contributed by atoms with Crippen LogP contribution >= 0.6 is 11.8 Å². The molecule has 0 saturated carbocycles. The van der Waals surface area contributed by atoms with Crippen molar-refractivity contribution in [2.24, 2.45) is 4.99 Å². The van der Waals surface area contributed by atoms with Gasteiger partial charge in [0.25, 0.3) is 5.91 Å². The van der Waals surface area contributed by atoms with Crippen molar-refractivity contribution in [3.05, 3.63) is 65.2 Å². The summed E-state index contributed by atoms with van der Waals surface area (Å²) >= 11 is 1.47. The average Bonchev–Trinajstić information content (AvgIpc) is 3.16. The maximum absolute atomic E-state index is 12.5. The number of sulfone groups is 1. The van der Waals surface area contributed by atoms with E-state index in [0.717, 1.165) is 22.8 Å². The highest BCUT2D eigenvalue weighted by molar-refractivity contribution is 8.15. The average molecular weight is 430 g/mol. The zero-order valence-corrected chi connectivity index (χ0v) is 17.7. The minimum absolute atomic E-state index is 0.00715. The standard InChI is InChI=1S/C21H23N3O3S2/c1-14-7-8-16(20(25)22-10-9-15-5-3-2-4-6-15)11-17(14)23-21-24-18-12-29(26,27)13-19(18)28-21/h2-8,11,18-19H,9-10,12-13H2,1H3,(H,22,25)(H,23,24)/t18-,19+/m0/s1. The van der Waals surface area contributed by atoms with Crippen LogP contribution in [0.4, 0.5) is 5.69 Å². The van der Waals surface area contributed by atoms with Crippen LogP contribution in [-0.2, 0) is 16.3 Å². The number of amides is 1. The van der Waals surface area contributed by atoms with Crippen molar-refractivity contribution in [1.82, 2.24) is 5.32 Å². The van der Waals surface area contributed by atoms with E-state index in [1.807, 2.05) is 55.5 Å². The Labute approximate surface area is 175 Å². The molecule has 8 heteroatoms. The number of thioether (sulfide) groups is 1. The molecule has 2 heterocycles. The van der Waals surface area contributed by atoms with Crippen LogP contribution in [0, 0.1) is 6.92 Å². The van der Waals surface area contributed by atoms with Gasteiger partial charge in [-0.05, 0) is 36.6 Å². The number of amidine groups is 1. The van der Waals surface area contributed by atoms with E-state index in [2.05, 4.69) is 15.6 Å². The lowest BCUT2D eigenvalue weighted by molar-refractivity contribution is 0.0954. The largest absolute Gasteiger partial charge is 0.352 e. The Morgan fingerprint density at radius 3 is 2.72 bits per heavy atom. The molecule has 29 heavy (non-hydrogen) atoms. The Kier molecular flexibility index (Phi) is 5.65. The van der Waals surface area contributed by atoms with Crippen molar-refractivity contribution in [1.29, 1.82) is 0 Å². The number of benzene rings is 2. The van der Waals surface area contributed by atoms with E-state index in [1.165, 1.54) is 17.3 Å². The van der Waals surface area contributed by atoms with E-state index in [9.17, 15) is 13.2 Å². The van der Waals surface area contributed by atoms with Gasteiger partial charge in [-0.1, -0.05) is 48.2 Å². The number of fused-ring (bicyclic) bond motifs is 1. The molecule has 2 N–H and O–H groups in total. The summed E-state index contributed by atoms with van der Waals surface area (Å²) in [4.78, 5) is 17.1. The molecule has 2 aliphatic rings. The number of rotatable bonds is 5. The fourth-order valence-corrected chi connectivity index (χ4v) is 7.16. The second-order valence-corrected chi connectivity index (χ2v) is 10.8. The Morgan fingerprint density at radius 1 is 1.17 bits per heavy atom. The molecule has 2 aromatic rings. The number of nitrogens with one attached hydrogen (secondary N) is 2. The lowest BCUT2D eigenvalue weighted by Gasteiger charge is -2.12. The number of carbonyl (C=O) groups excluding carboxylic acids is 1. The van der Waals surface area contributed by atoms with Crippen LogP contribution in [0.1, 0.15) is 21.5 Å². The van der Waals surface area contributed by atoms with Crippen molar-refractivity contribution < 1.29 is 13.2 Å². The minimum atomic E-state index is -2.97. The van der Waals surface area contributed by atoms with Crippen LogP contribution in [0.25, 0.3) is 0 Å². The quantitative estimate of drug-likeness (QED) is 0.763. The molecule has 6 nitrogen and oxygen atoms in total. The van der Waals surface area contributed by atoms with Crippen molar-refractivity contribution in [2.75, 3.05) is 23.4 Å². The highest BCUT2D eigenvalue weighted by Crippen LogP contribution is 2.35. The molecule has 2 atom stereocenters. The maximum atomic E-state index is 12.5. The number of hydrogen-bond acceptors (Lipinski definition) is 6. The number of carbonyl (C=O) groups is 1. The second kappa shape index (κ2) is 8.20. The van der Waals surface area contributed by atoms with Gasteiger partial charge in [-0.15, -0.1) is 0 Å². The molecule has 0 spiro atoms. The molecule has 2 aliphatic heterocycles. The molecular formula is C21H23N3O3S2. The summed E-state index contributed by atoms with van der Waals surface area (Å²) in [6.45, 7) is 2.53. The molecule has 0 radical (unpaired) electrons. The summed E-state index contributed by atoms with van der Waals surface area (Å²) in [5.41, 5.74) is 3.58. The number of anilines is 1. The molecule has 0 bridgehead atoms. The summed E-state index contributed by atoms with van der Waals surface area (Å²) in [5.74, 6) is 0.186. The van der Waals surface area contributed by atoms with Gasteiger partial charge in [-0.25, -0.2) is 8.42 Å². The lowest BCUT2D eigenvalue weighted by atomic mass is 10.1. The predicted molar refractivity (Wildman–Crippen MR) is 119 cm³/mol. The molecule has 0 aliphatic carbocycles. The molecular weight excluding hydrogens is 406 g/mol. The first-order valence-electron chi connectivity index (χ1n) is 9.54.